The van der Waals surface area contributed by atoms with Crippen molar-refractivity contribution in [1.29, 1.82) is 0 Å². The van der Waals surface area contributed by atoms with Crippen molar-refractivity contribution in [1.82, 2.24) is 29.7 Å². The summed E-state index contributed by atoms with van der Waals surface area (Å²) < 4.78 is 1.52. The van der Waals surface area contributed by atoms with Crippen LogP contribution in [0, 0.1) is 0 Å². The average molecular weight is 265 g/mol. The van der Waals surface area contributed by atoms with Gasteiger partial charge in [0, 0.05) is 12.8 Å². The van der Waals surface area contributed by atoms with Gasteiger partial charge >= 0.3 is 0 Å². The number of nitrogens with zero attached hydrogens (tertiary/aromatic N) is 6. The fourth-order valence-electron chi connectivity index (χ4n) is 1.24. The highest BCUT2D eigenvalue weighted by atomic mass is 32.2. The Hall–Kier alpha value is -1.70. The van der Waals surface area contributed by atoms with Crippen molar-refractivity contribution in [3.05, 3.63) is 12.7 Å². The Morgan fingerprint density at radius 3 is 2.89 bits per heavy atom. The van der Waals surface area contributed by atoms with Gasteiger partial charge in [-0.25, -0.2) is 4.98 Å². The molecule has 0 aliphatic heterocycles. The van der Waals surface area contributed by atoms with Crippen LogP contribution in [0.4, 0.5) is 5.95 Å². The van der Waals surface area contributed by atoms with Crippen LogP contribution in [0.25, 0.3) is 5.95 Å². The van der Waals surface area contributed by atoms with Gasteiger partial charge in [0.05, 0.1) is 0 Å². The zero-order valence-corrected chi connectivity index (χ0v) is 11.2. The molecule has 0 bridgehead atoms. The fraction of sp³-hybridized carbons (Fsp3) is 0.500. The van der Waals surface area contributed by atoms with Crippen LogP contribution in [-0.2, 0) is 0 Å². The van der Waals surface area contributed by atoms with E-state index in [0.717, 1.165) is 18.6 Å². The van der Waals surface area contributed by atoms with Crippen molar-refractivity contribution in [3.8, 4) is 5.95 Å². The van der Waals surface area contributed by atoms with Gasteiger partial charge in [-0.3, -0.25) is 0 Å². The average Bonchev–Trinajstić information content (AvgIpc) is 2.92. The summed E-state index contributed by atoms with van der Waals surface area (Å²) in [5.74, 6) is 2.01. The largest absolute Gasteiger partial charge is 0.357 e. The summed E-state index contributed by atoms with van der Waals surface area (Å²) in [5.41, 5.74) is 0. The lowest BCUT2D eigenvalue weighted by Gasteiger charge is -2.05. The van der Waals surface area contributed by atoms with E-state index < -0.39 is 0 Å². The Morgan fingerprint density at radius 1 is 1.33 bits per heavy atom. The molecule has 0 saturated heterocycles. The molecule has 8 heteroatoms. The molecule has 96 valence electrons. The lowest BCUT2D eigenvalue weighted by atomic mass is 10.4. The third-order valence-electron chi connectivity index (χ3n) is 2.18. The molecule has 0 saturated carbocycles. The molecule has 2 aromatic rings. The van der Waals surface area contributed by atoms with Gasteiger partial charge < -0.3 is 5.32 Å². The van der Waals surface area contributed by atoms with Crippen LogP contribution >= 0.6 is 11.8 Å². The molecule has 2 heterocycles. The third kappa shape index (κ3) is 3.16. The van der Waals surface area contributed by atoms with Crippen molar-refractivity contribution in [2.75, 3.05) is 18.1 Å². The molecule has 0 fully saturated rings. The first-order chi connectivity index (χ1) is 8.83. The first-order valence-electron chi connectivity index (χ1n) is 5.75. The van der Waals surface area contributed by atoms with Gasteiger partial charge in [0.1, 0.15) is 12.7 Å². The van der Waals surface area contributed by atoms with Crippen LogP contribution in [0.1, 0.15) is 19.8 Å². The van der Waals surface area contributed by atoms with Crippen LogP contribution < -0.4 is 5.32 Å². The molecule has 7 nitrogen and oxygen atoms in total. The van der Waals surface area contributed by atoms with E-state index in [1.165, 1.54) is 11.0 Å². The van der Waals surface area contributed by atoms with Crippen LogP contribution in [0.2, 0.25) is 0 Å². The Labute approximate surface area is 109 Å². The molecule has 0 spiro atoms. The summed E-state index contributed by atoms with van der Waals surface area (Å²) in [6, 6.07) is 0. The summed E-state index contributed by atoms with van der Waals surface area (Å²) in [4.78, 5) is 16.8. The van der Waals surface area contributed by atoms with E-state index in [1.807, 2.05) is 0 Å². The number of rotatable bonds is 6. The van der Waals surface area contributed by atoms with Crippen LogP contribution in [0.5, 0.6) is 0 Å². The second kappa shape index (κ2) is 6.29. The van der Waals surface area contributed by atoms with Gasteiger partial charge in [-0.15, -0.1) is 0 Å². The van der Waals surface area contributed by atoms with E-state index in [1.54, 1.807) is 25.1 Å². The van der Waals surface area contributed by atoms with E-state index >= 15 is 0 Å². The zero-order chi connectivity index (χ0) is 12.8. The number of anilines is 1. The Morgan fingerprint density at radius 2 is 2.22 bits per heavy atom. The predicted molar refractivity (Wildman–Crippen MR) is 69.9 cm³/mol. The monoisotopic (exact) mass is 265 g/mol. The van der Waals surface area contributed by atoms with Crippen LogP contribution in [-0.4, -0.2) is 42.5 Å². The molecule has 0 aliphatic rings. The number of nitrogens with one attached hydrogen (secondary N) is 1. The first kappa shape index (κ1) is 12.7. The maximum atomic E-state index is 4.36. The minimum atomic E-state index is 0.478. The highest BCUT2D eigenvalue weighted by Crippen LogP contribution is 2.17. The van der Waals surface area contributed by atoms with E-state index in [4.69, 9.17) is 0 Å². The van der Waals surface area contributed by atoms with E-state index in [0.29, 0.717) is 17.1 Å². The molecule has 0 radical (unpaired) electrons. The van der Waals surface area contributed by atoms with Crippen LogP contribution in [0.15, 0.2) is 17.8 Å². The second-order valence-corrected chi connectivity index (χ2v) is 4.60. The standard InChI is InChI=1S/C10H15N7S/c1-3-4-5-18-10-15-8(11-2)14-9(16-10)17-7-12-6-13-17/h6-7H,3-5H2,1-2H3,(H,11,14,15,16). The number of hydrogen-bond donors (Lipinski definition) is 1. The third-order valence-corrected chi connectivity index (χ3v) is 3.11. The number of aromatic nitrogens is 6. The molecule has 1 N–H and O–H groups in total. The van der Waals surface area contributed by atoms with Crippen molar-refractivity contribution >= 4 is 17.7 Å². The van der Waals surface area contributed by atoms with E-state index in [-0.39, 0.29) is 0 Å². The summed E-state index contributed by atoms with van der Waals surface area (Å²) in [5, 5.41) is 7.64. The lowest BCUT2D eigenvalue weighted by Crippen LogP contribution is -2.08. The maximum absolute atomic E-state index is 4.36. The summed E-state index contributed by atoms with van der Waals surface area (Å²) in [7, 11) is 1.78. The van der Waals surface area contributed by atoms with Gasteiger partial charge in [0.2, 0.25) is 5.95 Å². The Bertz CT molecular complexity index is 485. The van der Waals surface area contributed by atoms with E-state index in [2.05, 4.69) is 37.3 Å². The molecule has 0 unspecified atom stereocenters. The molecule has 0 aliphatic carbocycles. The number of hydrogen-bond acceptors (Lipinski definition) is 7. The van der Waals surface area contributed by atoms with Crippen molar-refractivity contribution in [2.45, 2.75) is 24.9 Å². The molecule has 18 heavy (non-hydrogen) atoms. The quantitative estimate of drug-likeness (QED) is 0.624. The highest BCUT2D eigenvalue weighted by Gasteiger charge is 2.08. The normalized spacial score (nSPS) is 10.6. The SMILES string of the molecule is CCCCSc1nc(NC)nc(-n2cncn2)n1. The van der Waals surface area contributed by atoms with Gasteiger partial charge in [-0.1, -0.05) is 25.1 Å². The number of unbranched alkanes of at least 4 members (excludes halogenated alkanes) is 1. The fourth-order valence-corrected chi connectivity index (χ4v) is 2.16. The van der Waals surface area contributed by atoms with Crippen molar-refractivity contribution in [3.63, 3.8) is 0 Å². The van der Waals surface area contributed by atoms with Crippen molar-refractivity contribution in [2.24, 2.45) is 0 Å². The molecule has 2 aromatic heterocycles. The Kier molecular flexibility index (Phi) is 4.46. The maximum Gasteiger partial charge on any atom is 0.257 e. The Balaban J connectivity index is 2.22. The molecular weight excluding hydrogens is 250 g/mol. The lowest BCUT2D eigenvalue weighted by molar-refractivity contribution is 0.760. The topological polar surface area (TPSA) is 81.4 Å². The minimum absolute atomic E-state index is 0.478. The summed E-state index contributed by atoms with van der Waals surface area (Å²) >= 11 is 1.62. The smallest absolute Gasteiger partial charge is 0.257 e. The van der Waals surface area contributed by atoms with E-state index in [9.17, 15) is 0 Å². The van der Waals surface area contributed by atoms with Gasteiger partial charge in [0.25, 0.3) is 5.95 Å². The van der Waals surface area contributed by atoms with Crippen LogP contribution in [0.3, 0.4) is 0 Å². The zero-order valence-electron chi connectivity index (χ0n) is 10.4. The summed E-state index contributed by atoms with van der Waals surface area (Å²) in [6.07, 6.45) is 5.32. The second-order valence-electron chi connectivity index (χ2n) is 3.53. The molecule has 0 aromatic carbocycles. The predicted octanol–water partition coefficient (Wildman–Crippen LogP) is 1.39. The van der Waals surface area contributed by atoms with Crippen molar-refractivity contribution < 1.29 is 0 Å². The molecule has 0 atom stereocenters. The summed E-state index contributed by atoms with van der Waals surface area (Å²) in [6.45, 7) is 2.16. The highest BCUT2D eigenvalue weighted by molar-refractivity contribution is 7.99. The molecular formula is C10H15N7S. The van der Waals surface area contributed by atoms with Gasteiger partial charge in [-0.05, 0) is 6.42 Å². The molecule has 2 rings (SSSR count). The van der Waals surface area contributed by atoms with Gasteiger partial charge in [-0.2, -0.15) is 24.7 Å². The van der Waals surface area contributed by atoms with Gasteiger partial charge in [0.15, 0.2) is 5.16 Å². The number of thioether (sulfide) groups is 1. The first-order valence-corrected chi connectivity index (χ1v) is 6.73. The minimum Gasteiger partial charge on any atom is -0.357 e. The molecule has 0 amide bonds.